The number of hydrogen-bond acceptors (Lipinski definition) is 3. The minimum Gasteiger partial charge on any atom is -0.383 e. The van der Waals surface area contributed by atoms with Crippen LogP contribution in [-0.4, -0.2) is 29.8 Å². The third-order valence-corrected chi connectivity index (χ3v) is 4.50. The zero-order valence-electron chi connectivity index (χ0n) is 12.4. The first-order valence-corrected chi connectivity index (χ1v) is 7.42. The average molecular weight is 265 g/mol. The molecule has 19 heavy (non-hydrogen) atoms. The lowest BCUT2D eigenvalue weighted by molar-refractivity contribution is 0.197. The highest BCUT2D eigenvalue weighted by molar-refractivity contribution is 5.01. The molecule has 1 aliphatic carbocycles. The maximum atomic E-state index is 5.05. The molecule has 1 N–H and O–H groups in total. The third kappa shape index (κ3) is 3.80. The molecule has 0 radical (unpaired) electrons. The summed E-state index contributed by atoms with van der Waals surface area (Å²) >= 11 is 0. The molecule has 0 aliphatic heterocycles. The first-order valence-electron chi connectivity index (χ1n) is 7.42. The summed E-state index contributed by atoms with van der Waals surface area (Å²) in [6, 6.07) is 0.632. The smallest absolute Gasteiger partial charge is 0.0951 e. The van der Waals surface area contributed by atoms with E-state index in [4.69, 9.17) is 4.74 Å². The second-order valence-corrected chi connectivity index (χ2v) is 5.88. The van der Waals surface area contributed by atoms with Gasteiger partial charge in [-0.25, -0.2) is 4.98 Å². The summed E-state index contributed by atoms with van der Waals surface area (Å²) in [4.78, 5) is 4.33. The van der Waals surface area contributed by atoms with E-state index < -0.39 is 0 Å². The second kappa shape index (κ2) is 7.06. The van der Waals surface area contributed by atoms with E-state index in [2.05, 4.69) is 28.7 Å². The first-order chi connectivity index (χ1) is 9.22. The van der Waals surface area contributed by atoms with Crippen molar-refractivity contribution in [2.24, 2.45) is 11.8 Å². The fourth-order valence-electron chi connectivity index (χ4n) is 2.96. The van der Waals surface area contributed by atoms with Crippen molar-refractivity contribution in [3.05, 3.63) is 18.2 Å². The van der Waals surface area contributed by atoms with Crippen LogP contribution in [0, 0.1) is 11.8 Å². The zero-order valence-corrected chi connectivity index (χ0v) is 12.4. The molecule has 1 aromatic heterocycles. The molecule has 4 heteroatoms. The van der Waals surface area contributed by atoms with Gasteiger partial charge in [0, 0.05) is 32.4 Å². The maximum Gasteiger partial charge on any atom is 0.0951 e. The van der Waals surface area contributed by atoms with Crippen LogP contribution in [0.5, 0.6) is 0 Å². The van der Waals surface area contributed by atoms with Crippen molar-refractivity contribution in [2.45, 2.75) is 45.7 Å². The Bertz CT molecular complexity index is 377. The molecule has 3 unspecified atom stereocenters. The highest BCUT2D eigenvalue weighted by Crippen LogP contribution is 2.36. The van der Waals surface area contributed by atoms with Gasteiger partial charge in [-0.2, -0.15) is 0 Å². The van der Waals surface area contributed by atoms with Gasteiger partial charge in [-0.1, -0.05) is 13.8 Å². The van der Waals surface area contributed by atoms with Crippen LogP contribution in [0.15, 0.2) is 12.5 Å². The molecule has 3 atom stereocenters. The molecule has 1 fully saturated rings. The van der Waals surface area contributed by atoms with E-state index in [-0.39, 0.29) is 0 Å². The summed E-state index contributed by atoms with van der Waals surface area (Å²) in [7, 11) is 1.73. The zero-order chi connectivity index (χ0) is 13.7. The molecule has 1 heterocycles. The molecule has 0 aromatic carbocycles. The van der Waals surface area contributed by atoms with Crippen molar-refractivity contribution in [2.75, 3.05) is 20.3 Å². The summed E-state index contributed by atoms with van der Waals surface area (Å²) in [6.07, 6.45) is 7.89. The number of ether oxygens (including phenoxy) is 1. The Balaban J connectivity index is 1.91. The van der Waals surface area contributed by atoms with Crippen LogP contribution in [0.1, 0.15) is 44.8 Å². The number of imidazole rings is 1. The summed E-state index contributed by atoms with van der Waals surface area (Å²) in [6.45, 7) is 7.28. The Labute approximate surface area is 116 Å². The Morgan fingerprint density at radius 2 is 2.21 bits per heavy atom. The predicted octanol–water partition coefficient (Wildman–Crippen LogP) is 2.62. The SMILES string of the molecule is COCCNCc1cncn1C1CCC(C)C(C)C1. The van der Waals surface area contributed by atoms with Gasteiger partial charge in [0.1, 0.15) is 0 Å². The summed E-state index contributed by atoms with van der Waals surface area (Å²) in [5.74, 6) is 1.68. The fraction of sp³-hybridized carbons (Fsp3) is 0.800. The summed E-state index contributed by atoms with van der Waals surface area (Å²) in [5.41, 5.74) is 1.29. The largest absolute Gasteiger partial charge is 0.383 e. The van der Waals surface area contributed by atoms with E-state index in [0.29, 0.717) is 6.04 Å². The van der Waals surface area contributed by atoms with Gasteiger partial charge in [0.25, 0.3) is 0 Å². The van der Waals surface area contributed by atoms with Crippen LogP contribution in [0.25, 0.3) is 0 Å². The number of aromatic nitrogens is 2. The van der Waals surface area contributed by atoms with Crippen molar-refractivity contribution in [1.29, 1.82) is 0 Å². The molecule has 0 amide bonds. The predicted molar refractivity (Wildman–Crippen MR) is 77.0 cm³/mol. The van der Waals surface area contributed by atoms with Crippen LogP contribution >= 0.6 is 0 Å². The molecular weight excluding hydrogens is 238 g/mol. The number of methoxy groups -OCH3 is 1. The first kappa shape index (κ1) is 14.5. The van der Waals surface area contributed by atoms with E-state index in [1.807, 2.05) is 12.5 Å². The van der Waals surface area contributed by atoms with Crippen LogP contribution < -0.4 is 5.32 Å². The normalized spacial score (nSPS) is 27.6. The van der Waals surface area contributed by atoms with Crippen molar-refractivity contribution in [3.8, 4) is 0 Å². The maximum absolute atomic E-state index is 5.05. The molecule has 2 rings (SSSR count). The molecule has 0 spiro atoms. The Hall–Kier alpha value is -0.870. The van der Waals surface area contributed by atoms with Gasteiger partial charge in [0.05, 0.1) is 18.6 Å². The molecule has 0 bridgehead atoms. The number of rotatable bonds is 6. The van der Waals surface area contributed by atoms with E-state index in [1.54, 1.807) is 7.11 Å². The lowest BCUT2D eigenvalue weighted by Crippen LogP contribution is -2.26. The van der Waals surface area contributed by atoms with Gasteiger partial charge in [-0.05, 0) is 31.1 Å². The fourth-order valence-corrected chi connectivity index (χ4v) is 2.96. The van der Waals surface area contributed by atoms with E-state index in [0.717, 1.165) is 31.5 Å². The van der Waals surface area contributed by atoms with E-state index >= 15 is 0 Å². The molecule has 1 aromatic rings. The lowest BCUT2D eigenvalue weighted by atomic mass is 9.79. The van der Waals surface area contributed by atoms with Gasteiger partial charge in [0.15, 0.2) is 0 Å². The van der Waals surface area contributed by atoms with Crippen molar-refractivity contribution < 1.29 is 4.74 Å². The lowest BCUT2D eigenvalue weighted by Gasteiger charge is -2.33. The van der Waals surface area contributed by atoms with Gasteiger partial charge < -0.3 is 14.6 Å². The molecule has 0 saturated heterocycles. The Morgan fingerprint density at radius 3 is 2.95 bits per heavy atom. The van der Waals surface area contributed by atoms with E-state index in [9.17, 15) is 0 Å². The average Bonchev–Trinajstić information content (AvgIpc) is 2.86. The molecule has 4 nitrogen and oxygen atoms in total. The second-order valence-electron chi connectivity index (χ2n) is 5.88. The number of hydrogen-bond donors (Lipinski definition) is 1. The van der Waals surface area contributed by atoms with Gasteiger partial charge >= 0.3 is 0 Å². The number of nitrogens with zero attached hydrogens (tertiary/aromatic N) is 2. The topological polar surface area (TPSA) is 39.1 Å². The van der Waals surface area contributed by atoms with Crippen LogP contribution in [0.3, 0.4) is 0 Å². The van der Waals surface area contributed by atoms with Crippen molar-refractivity contribution in [3.63, 3.8) is 0 Å². The minimum absolute atomic E-state index is 0.632. The van der Waals surface area contributed by atoms with Gasteiger partial charge in [-0.3, -0.25) is 0 Å². The third-order valence-electron chi connectivity index (χ3n) is 4.50. The Kier molecular flexibility index (Phi) is 5.40. The van der Waals surface area contributed by atoms with Gasteiger partial charge in [0.2, 0.25) is 0 Å². The highest BCUT2D eigenvalue weighted by Gasteiger charge is 2.26. The van der Waals surface area contributed by atoms with Crippen LogP contribution in [0.2, 0.25) is 0 Å². The van der Waals surface area contributed by atoms with E-state index in [1.165, 1.54) is 25.0 Å². The quantitative estimate of drug-likeness (QED) is 0.804. The molecule has 1 saturated carbocycles. The molecule has 1 aliphatic rings. The molecule has 108 valence electrons. The van der Waals surface area contributed by atoms with Crippen molar-refractivity contribution >= 4 is 0 Å². The standard InChI is InChI=1S/C15H27N3O/c1-12-4-5-14(8-13(12)2)18-11-17-10-15(18)9-16-6-7-19-3/h10-14,16H,4-9H2,1-3H3. The highest BCUT2D eigenvalue weighted by atomic mass is 16.5. The summed E-state index contributed by atoms with van der Waals surface area (Å²) < 4.78 is 7.43. The molecular formula is C15H27N3O. The van der Waals surface area contributed by atoms with Crippen molar-refractivity contribution in [1.82, 2.24) is 14.9 Å². The van der Waals surface area contributed by atoms with Crippen LogP contribution in [0.4, 0.5) is 0 Å². The van der Waals surface area contributed by atoms with Crippen LogP contribution in [-0.2, 0) is 11.3 Å². The minimum atomic E-state index is 0.632. The summed E-state index contributed by atoms with van der Waals surface area (Å²) in [5, 5.41) is 3.40. The van der Waals surface area contributed by atoms with Gasteiger partial charge in [-0.15, -0.1) is 0 Å². The number of nitrogens with one attached hydrogen (secondary N) is 1. The monoisotopic (exact) mass is 265 g/mol. The Morgan fingerprint density at radius 1 is 1.37 bits per heavy atom.